The summed E-state index contributed by atoms with van der Waals surface area (Å²) in [4.78, 5) is 14.1. The maximum Gasteiger partial charge on any atom is 0.264 e. The van der Waals surface area contributed by atoms with E-state index in [-0.39, 0.29) is 5.75 Å². The average molecular weight is 377 g/mol. The number of sulfone groups is 1. The Morgan fingerprint density at radius 3 is 2.27 bits per heavy atom. The lowest BCUT2D eigenvalue weighted by atomic mass is 10.1. The van der Waals surface area contributed by atoms with Gasteiger partial charge in [0.1, 0.15) is 17.2 Å². The standard InChI is InChI=1S/C19H17F2NO3S/c1-12-6-7-14(10-13(12)2)22(15-8-9-26(24,25)11-15)19(23)18-16(20)4-3-5-17(18)21/h3-10,15H,11H2,1-2H3. The predicted octanol–water partition coefficient (Wildman–Crippen LogP) is 3.54. The molecule has 1 amide bonds. The molecule has 1 aliphatic rings. The number of carbonyl (C=O) groups is 1. The van der Waals surface area contributed by atoms with E-state index in [4.69, 9.17) is 0 Å². The smallest absolute Gasteiger partial charge is 0.264 e. The fourth-order valence-corrected chi connectivity index (χ4v) is 4.15. The molecule has 1 unspecified atom stereocenters. The SMILES string of the molecule is Cc1ccc(N(C(=O)c2c(F)cccc2F)C2C=CS(=O)(=O)C2)cc1C. The molecule has 0 aliphatic carbocycles. The Labute approximate surface area is 150 Å². The molecule has 136 valence electrons. The van der Waals surface area contributed by atoms with E-state index < -0.39 is 39.0 Å². The molecule has 0 fully saturated rings. The van der Waals surface area contributed by atoms with Crippen LogP contribution < -0.4 is 4.90 Å². The quantitative estimate of drug-likeness (QED) is 0.822. The lowest BCUT2D eigenvalue weighted by Gasteiger charge is -2.28. The second-order valence-corrected chi connectivity index (χ2v) is 8.20. The van der Waals surface area contributed by atoms with E-state index in [9.17, 15) is 22.0 Å². The number of anilines is 1. The van der Waals surface area contributed by atoms with E-state index in [1.54, 1.807) is 18.2 Å². The Bertz CT molecular complexity index is 995. The van der Waals surface area contributed by atoms with Crippen LogP contribution >= 0.6 is 0 Å². The van der Waals surface area contributed by atoms with Crippen molar-refractivity contribution in [3.63, 3.8) is 0 Å². The lowest BCUT2D eigenvalue weighted by Crippen LogP contribution is -2.42. The van der Waals surface area contributed by atoms with Crippen LogP contribution in [0, 0.1) is 25.5 Å². The van der Waals surface area contributed by atoms with Crippen molar-refractivity contribution in [2.24, 2.45) is 0 Å². The van der Waals surface area contributed by atoms with Crippen molar-refractivity contribution >= 4 is 21.4 Å². The minimum atomic E-state index is -3.46. The molecule has 7 heteroatoms. The summed E-state index contributed by atoms with van der Waals surface area (Å²) in [7, 11) is -3.46. The van der Waals surface area contributed by atoms with Gasteiger partial charge in [0, 0.05) is 11.1 Å². The van der Waals surface area contributed by atoms with Crippen LogP contribution in [-0.2, 0) is 9.84 Å². The highest BCUT2D eigenvalue weighted by atomic mass is 32.2. The van der Waals surface area contributed by atoms with Crippen molar-refractivity contribution in [2.75, 3.05) is 10.7 Å². The van der Waals surface area contributed by atoms with Gasteiger partial charge < -0.3 is 4.90 Å². The number of hydrogen-bond donors (Lipinski definition) is 0. The normalized spacial score (nSPS) is 18.1. The molecule has 4 nitrogen and oxygen atoms in total. The average Bonchev–Trinajstić information content (AvgIpc) is 2.90. The highest BCUT2D eigenvalue weighted by Crippen LogP contribution is 2.28. The molecule has 26 heavy (non-hydrogen) atoms. The molecule has 3 rings (SSSR count). The highest BCUT2D eigenvalue weighted by Gasteiger charge is 2.34. The van der Waals surface area contributed by atoms with Crippen LogP contribution in [0.1, 0.15) is 21.5 Å². The molecule has 0 N–H and O–H groups in total. The van der Waals surface area contributed by atoms with Gasteiger partial charge >= 0.3 is 0 Å². The van der Waals surface area contributed by atoms with Crippen LogP contribution in [0.3, 0.4) is 0 Å². The van der Waals surface area contributed by atoms with Gasteiger partial charge in [0.2, 0.25) is 0 Å². The number of nitrogens with zero attached hydrogens (tertiary/aromatic N) is 1. The van der Waals surface area contributed by atoms with Crippen LogP contribution in [0.15, 0.2) is 47.9 Å². The zero-order valence-electron chi connectivity index (χ0n) is 14.2. The van der Waals surface area contributed by atoms with Crippen molar-refractivity contribution in [1.82, 2.24) is 0 Å². The number of amides is 1. The van der Waals surface area contributed by atoms with Gasteiger partial charge in [-0.25, -0.2) is 17.2 Å². The van der Waals surface area contributed by atoms with Crippen LogP contribution in [-0.4, -0.2) is 26.1 Å². The number of aryl methyl sites for hydroxylation is 2. The largest absolute Gasteiger partial charge is 0.300 e. The Kier molecular flexibility index (Phi) is 4.66. The minimum Gasteiger partial charge on any atom is -0.300 e. The minimum absolute atomic E-state index is 0.332. The molecule has 0 aromatic heterocycles. The molecule has 1 heterocycles. The molecule has 0 saturated carbocycles. The van der Waals surface area contributed by atoms with Crippen LogP contribution in [0.25, 0.3) is 0 Å². The van der Waals surface area contributed by atoms with Crippen molar-refractivity contribution in [3.05, 3.63) is 76.2 Å². The number of hydrogen-bond acceptors (Lipinski definition) is 3. The molecule has 2 aromatic carbocycles. The zero-order chi connectivity index (χ0) is 19.1. The molecule has 0 saturated heterocycles. The van der Waals surface area contributed by atoms with Crippen molar-refractivity contribution in [1.29, 1.82) is 0 Å². The number of rotatable bonds is 3. The van der Waals surface area contributed by atoms with E-state index in [1.807, 2.05) is 13.8 Å². The summed E-state index contributed by atoms with van der Waals surface area (Å²) < 4.78 is 51.9. The number of carbonyl (C=O) groups excluding carboxylic acids is 1. The molecule has 0 radical (unpaired) electrons. The molecule has 1 atom stereocenters. The third-order valence-corrected chi connectivity index (χ3v) is 5.78. The van der Waals surface area contributed by atoms with Gasteiger partial charge in [-0.3, -0.25) is 4.79 Å². The van der Waals surface area contributed by atoms with Gasteiger partial charge in [-0.2, -0.15) is 0 Å². The van der Waals surface area contributed by atoms with Gasteiger partial charge in [0.15, 0.2) is 9.84 Å². The summed E-state index contributed by atoms with van der Waals surface area (Å²) in [5.41, 5.74) is 1.53. The topological polar surface area (TPSA) is 54.5 Å². The van der Waals surface area contributed by atoms with Crippen LogP contribution in [0.2, 0.25) is 0 Å². The summed E-state index contributed by atoms with van der Waals surface area (Å²) in [5, 5.41) is 1.02. The van der Waals surface area contributed by atoms with Crippen molar-refractivity contribution in [3.8, 4) is 0 Å². The van der Waals surface area contributed by atoms with Gasteiger partial charge in [-0.15, -0.1) is 0 Å². The van der Waals surface area contributed by atoms with Crippen molar-refractivity contribution < 1.29 is 22.0 Å². The van der Waals surface area contributed by atoms with E-state index in [0.29, 0.717) is 5.69 Å². The highest BCUT2D eigenvalue weighted by molar-refractivity contribution is 7.94. The van der Waals surface area contributed by atoms with Gasteiger partial charge in [-0.1, -0.05) is 12.1 Å². The Hall–Kier alpha value is -2.54. The first-order chi connectivity index (χ1) is 12.2. The molecule has 2 aromatic rings. The number of halogens is 2. The summed E-state index contributed by atoms with van der Waals surface area (Å²) in [6.07, 6.45) is 1.36. The van der Waals surface area contributed by atoms with E-state index in [0.717, 1.165) is 33.6 Å². The Morgan fingerprint density at radius 2 is 1.73 bits per heavy atom. The summed E-state index contributed by atoms with van der Waals surface area (Å²) in [6.45, 7) is 3.73. The molecule has 0 spiro atoms. The third kappa shape index (κ3) is 3.39. The predicted molar refractivity (Wildman–Crippen MR) is 95.8 cm³/mol. The second-order valence-electron chi connectivity index (χ2n) is 6.27. The first-order valence-corrected chi connectivity index (χ1v) is 9.67. The maximum atomic E-state index is 14.1. The first-order valence-electron chi connectivity index (χ1n) is 7.95. The van der Waals surface area contributed by atoms with E-state index in [2.05, 4.69) is 0 Å². The molecular weight excluding hydrogens is 360 g/mol. The van der Waals surface area contributed by atoms with Crippen molar-refractivity contribution in [2.45, 2.75) is 19.9 Å². The van der Waals surface area contributed by atoms with E-state index in [1.165, 1.54) is 12.1 Å². The van der Waals surface area contributed by atoms with Gasteiger partial charge in [0.25, 0.3) is 5.91 Å². The van der Waals surface area contributed by atoms with Crippen LogP contribution in [0.5, 0.6) is 0 Å². The monoisotopic (exact) mass is 377 g/mol. The van der Waals surface area contributed by atoms with Gasteiger partial charge in [0.05, 0.1) is 11.8 Å². The van der Waals surface area contributed by atoms with Gasteiger partial charge in [-0.05, 0) is 55.3 Å². The fourth-order valence-electron chi connectivity index (χ4n) is 2.88. The molecule has 0 bridgehead atoms. The molecule has 1 aliphatic heterocycles. The first kappa shape index (κ1) is 18.3. The summed E-state index contributed by atoms with van der Waals surface area (Å²) in [6, 6.07) is 7.43. The third-order valence-electron chi connectivity index (χ3n) is 4.41. The summed E-state index contributed by atoms with van der Waals surface area (Å²) >= 11 is 0. The summed E-state index contributed by atoms with van der Waals surface area (Å²) in [5.74, 6) is -3.24. The number of benzene rings is 2. The molecular formula is C19H17F2NO3S. The van der Waals surface area contributed by atoms with Crippen LogP contribution in [0.4, 0.5) is 14.5 Å². The zero-order valence-corrected chi connectivity index (χ0v) is 15.1. The Balaban J connectivity index is 2.13. The Morgan fingerprint density at radius 1 is 1.08 bits per heavy atom. The fraction of sp³-hybridized carbons (Fsp3) is 0.211. The second kappa shape index (κ2) is 6.64. The van der Waals surface area contributed by atoms with E-state index >= 15 is 0 Å². The lowest BCUT2D eigenvalue weighted by molar-refractivity contribution is 0.0975. The maximum absolute atomic E-state index is 14.1.